The molecule has 3 rings (SSSR count). The van der Waals surface area contributed by atoms with Gasteiger partial charge in [-0.05, 0) is 50.2 Å². The second-order valence-electron chi connectivity index (χ2n) is 9.49. The van der Waals surface area contributed by atoms with E-state index in [1.165, 1.54) is 6.42 Å². The topological polar surface area (TPSA) is 55.9 Å². The molecule has 1 aromatic rings. The smallest absolute Gasteiger partial charge is 0.239 e. The number of aryl methyl sites for hydroxylation is 2. The number of rotatable bonds is 5. The molecule has 1 aromatic carbocycles. The van der Waals surface area contributed by atoms with Crippen LogP contribution in [-0.4, -0.2) is 78.4 Å². The quantitative estimate of drug-likeness (QED) is 0.805. The van der Waals surface area contributed by atoms with Crippen LogP contribution in [0.15, 0.2) is 18.2 Å². The third kappa shape index (κ3) is 5.61. The van der Waals surface area contributed by atoms with E-state index in [0.717, 1.165) is 56.1 Å². The number of hydrogen-bond donors (Lipinski definition) is 1. The molecule has 166 valence electrons. The van der Waals surface area contributed by atoms with Gasteiger partial charge in [0, 0.05) is 45.0 Å². The maximum Gasteiger partial charge on any atom is 0.239 e. The number of anilines is 1. The maximum atomic E-state index is 13.0. The van der Waals surface area contributed by atoms with Crippen LogP contribution in [0, 0.1) is 25.7 Å². The summed E-state index contributed by atoms with van der Waals surface area (Å²) in [7, 11) is 0. The zero-order chi connectivity index (χ0) is 21.8. The number of likely N-dealkylation sites (tertiary alicyclic amines) is 1. The molecule has 0 radical (unpaired) electrons. The largest absolute Gasteiger partial charge is 0.341 e. The van der Waals surface area contributed by atoms with Crippen molar-refractivity contribution in [2.24, 2.45) is 11.8 Å². The summed E-state index contributed by atoms with van der Waals surface area (Å²) in [6, 6.07) is 5.95. The molecule has 0 aromatic heterocycles. The van der Waals surface area contributed by atoms with Gasteiger partial charge in [-0.15, -0.1) is 0 Å². The fourth-order valence-corrected chi connectivity index (χ4v) is 4.97. The predicted octanol–water partition coefficient (Wildman–Crippen LogP) is 2.75. The fraction of sp³-hybridized carbons (Fsp3) is 0.667. The molecule has 6 nitrogen and oxygen atoms in total. The Hall–Kier alpha value is -1.92. The van der Waals surface area contributed by atoms with Gasteiger partial charge in [-0.1, -0.05) is 32.0 Å². The number of carbonyl (C=O) groups is 2. The van der Waals surface area contributed by atoms with Crippen molar-refractivity contribution in [1.82, 2.24) is 14.7 Å². The van der Waals surface area contributed by atoms with Gasteiger partial charge in [0.05, 0.1) is 12.6 Å². The molecular formula is C24H38N4O2. The van der Waals surface area contributed by atoms with E-state index in [4.69, 9.17) is 0 Å². The molecule has 1 N–H and O–H groups in total. The minimum Gasteiger partial charge on any atom is -0.341 e. The Morgan fingerprint density at radius 1 is 1.03 bits per heavy atom. The summed E-state index contributed by atoms with van der Waals surface area (Å²) in [5.41, 5.74) is 3.09. The van der Waals surface area contributed by atoms with Gasteiger partial charge < -0.3 is 10.2 Å². The summed E-state index contributed by atoms with van der Waals surface area (Å²) < 4.78 is 0. The average molecular weight is 415 g/mol. The highest BCUT2D eigenvalue weighted by atomic mass is 16.2. The Kier molecular flexibility index (Phi) is 7.53. The highest BCUT2D eigenvalue weighted by Crippen LogP contribution is 2.23. The molecule has 0 aliphatic carbocycles. The summed E-state index contributed by atoms with van der Waals surface area (Å²) >= 11 is 0. The van der Waals surface area contributed by atoms with E-state index in [9.17, 15) is 9.59 Å². The first-order chi connectivity index (χ1) is 14.2. The molecule has 3 atom stereocenters. The highest BCUT2D eigenvalue weighted by molar-refractivity contribution is 5.93. The number of amides is 2. The molecule has 0 bridgehead atoms. The van der Waals surface area contributed by atoms with Gasteiger partial charge in [0.15, 0.2) is 0 Å². The second-order valence-corrected chi connectivity index (χ2v) is 9.49. The van der Waals surface area contributed by atoms with Crippen molar-refractivity contribution in [3.63, 3.8) is 0 Å². The lowest BCUT2D eigenvalue weighted by atomic mass is 9.91. The van der Waals surface area contributed by atoms with E-state index in [1.54, 1.807) is 0 Å². The number of benzene rings is 1. The van der Waals surface area contributed by atoms with Crippen molar-refractivity contribution in [1.29, 1.82) is 0 Å². The molecule has 0 spiro atoms. The molecule has 0 saturated carbocycles. The van der Waals surface area contributed by atoms with Gasteiger partial charge in [-0.3, -0.25) is 19.4 Å². The van der Waals surface area contributed by atoms with Crippen LogP contribution in [0.25, 0.3) is 0 Å². The summed E-state index contributed by atoms with van der Waals surface area (Å²) in [6.07, 6.45) is 1.21. The number of nitrogens with one attached hydrogen (secondary N) is 1. The monoisotopic (exact) mass is 414 g/mol. The molecule has 2 aliphatic rings. The van der Waals surface area contributed by atoms with E-state index in [2.05, 4.69) is 33.9 Å². The van der Waals surface area contributed by atoms with Crippen molar-refractivity contribution in [3.8, 4) is 0 Å². The number of para-hydroxylation sites is 1. The van der Waals surface area contributed by atoms with Crippen molar-refractivity contribution in [2.45, 2.75) is 47.1 Å². The number of piperazine rings is 1. The zero-order valence-corrected chi connectivity index (χ0v) is 19.3. The van der Waals surface area contributed by atoms with Crippen LogP contribution in [0.4, 0.5) is 5.69 Å². The van der Waals surface area contributed by atoms with E-state index in [-0.39, 0.29) is 17.9 Å². The first-order valence-corrected chi connectivity index (χ1v) is 11.4. The molecule has 2 aliphatic heterocycles. The first-order valence-electron chi connectivity index (χ1n) is 11.4. The van der Waals surface area contributed by atoms with Crippen LogP contribution in [0.2, 0.25) is 0 Å². The highest BCUT2D eigenvalue weighted by Gasteiger charge is 2.32. The Morgan fingerprint density at radius 2 is 1.60 bits per heavy atom. The summed E-state index contributed by atoms with van der Waals surface area (Å²) in [4.78, 5) is 32.1. The molecule has 6 heteroatoms. The number of nitrogens with zero attached hydrogens (tertiary/aromatic N) is 3. The number of piperidine rings is 1. The van der Waals surface area contributed by atoms with Gasteiger partial charge in [0.1, 0.15) is 0 Å². The molecule has 0 unspecified atom stereocenters. The summed E-state index contributed by atoms with van der Waals surface area (Å²) in [5, 5.41) is 3.07. The fourth-order valence-electron chi connectivity index (χ4n) is 4.97. The van der Waals surface area contributed by atoms with Crippen molar-refractivity contribution < 1.29 is 9.59 Å². The minimum absolute atomic E-state index is 0.0290. The van der Waals surface area contributed by atoms with Gasteiger partial charge in [-0.25, -0.2) is 0 Å². The van der Waals surface area contributed by atoms with E-state index >= 15 is 0 Å². The Bertz CT molecular complexity index is 727. The average Bonchev–Trinajstić information content (AvgIpc) is 2.69. The van der Waals surface area contributed by atoms with E-state index in [1.807, 2.05) is 39.0 Å². The van der Waals surface area contributed by atoms with Crippen molar-refractivity contribution in [2.75, 3.05) is 51.1 Å². The molecule has 2 heterocycles. The third-order valence-electron chi connectivity index (χ3n) is 6.61. The third-order valence-corrected chi connectivity index (χ3v) is 6.61. The normalized spacial score (nSPS) is 24.5. The maximum absolute atomic E-state index is 13.0. The van der Waals surface area contributed by atoms with Gasteiger partial charge in [-0.2, -0.15) is 0 Å². The van der Waals surface area contributed by atoms with E-state index in [0.29, 0.717) is 18.4 Å². The lowest BCUT2D eigenvalue weighted by Gasteiger charge is -2.41. The Balaban J connectivity index is 1.47. The van der Waals surface area contributed by atoms with Crippen LogP contribution >= 0.6 is 0 Å². The van der Waals surface area contributed by atoms with Crippen LogP contribution in [-0.2, 0) is 9.59 Å². The van der Waals surface area contributed by atoms with Gasteiger partial charge in [0.25, 0.3) is 0 Å². The minimum atomic E-state index is -0.0897. The lowest BCUT2D eigenvalue weighted by Crippen LogP contribution is -2.56. The Labute approximate surface area is 181 Å². The predicted molar refractivity (Wildman–Crippen MR) is 122 cm³/mol. The first kappa shape index (κ1) is 22.8. The lowest BCUT2D eigenvalue weighted by molar-refractivity contribution is -0.140. The molecule has 2 saturated heterocycles. The van der Waals surface area contributed by atoms with Crippen LogP contribution in [0.3, 0.4) is 0 Å². The summed E-state index contributed by atoms with van der Waals surface area (Å²) in [6.45, 7) is 16.0. The number of hydrogen-bond acceptors (Lipinski definition) is 4. The van der Waals surface area contributed by atoms with Crippen LogP contribution < -0.4 is 5.32 Å². The molecule has 30 heavy (non-hydrogen) atoms. The van der Waals surface area contributed by atoms with Gasteiger partial charge >= 0.3 is 0 Å². The number of carbonyl (C=O) groups excluding carboxylic acids is 2. The second kappa shape index (κ2) is 9.92. The van der Waals surface area contributed by atoms with E-state index < -0.39 is 0 Å². The van der Waals surface area contributed by atoms with Crippen molar-refractivity contribution >= 4 is 17.5 Å². The summed E-state index contributed by atoms with van der Waals surface area (Å²) in [5.74, 6) is 1.45. The standard InChI is InChI=1S/C24H38N4O2/c1-17-13-18(2)15-28(14-17)24(30)21(5)27-11-9-26(10-12-27)16-22(29)25-23-19(3)7-6-8-20(23)4/h6-8,17-18,21H,9-16H2,1-5H3,(H,25,29)/t17-,18-,21+/m0/s1. The molecule has 2 amide bonds. The zero-order valence-electron chi connectivity index (χ0n) is 19.3. The van der Waals surface area contributed by atoms with Crippen molar-refractivity contribution in [3.05, 3.63) is 29.3 Å². The van der Waals surface area contributed by atoms with Gasteiger partial charge in [0.2, 0.25) is 11.8 Å². The molecular weight excluding hydrogens is 376 g/mol. The Morgan fingerprint density at radius 3 is 2.17 bits per heavy atom. The SMILES string of the molecule is Cc1cccc(C)c1NC(=O)CN1CCN([C@H](C)C(=O)N2C[C@@H](C)C[C@H](C)C2)CC1. The van der Waals surface area contributed by atoms with Crippen LogP contribution in [0.5, 0.6) is 0 Å². The van der Waals surface area contributed by atoms with Crippen LogP contribution in [0.1, 0.15) is 38.3 Å². The molecule has 2 fully saturated rings.